The van der Waals surface area contributed by atoms with Crippen molar-refractivity contribution in [1.29, 1.82) is 0 Å². The maximum absolute atomic E-state index is 13.9. The van der Waals surface area contributed by atoms with Crippen molar-refractivity contribution in [3.8, 4) is 11.5 Å². The minimum Gasteiger partial charge on any atom is -0.403 e. The van der Waals surface area contributed by atoms with Gasteiger partial charge in [0.2, 0.25) is 11.8 Å². The van der Waals surface area contributed by atoms with Gasteiger partial charge in [-0.25, -0.2) is 8.78 Å². The van der Waals surface area contributed by atoms with Gasteiger partial charge < -0.3 is 14.6 Å². The van der Waals surface area contributed by atoms with Gasteiger partial charge in [0, 0.05) is 25.1 Å². The van der Waals surface area contributed by atoms with Gasteiger partial charge in [0.25, 0.3) is 5.92 Å². The second-order valence-electron chi connectivity index (χ2n) is 7.14. The highest BCUT2D eigenvalue weighted by Gasteiger charge is 2.64. The number of carbonyl (C=O) groups excluding carboxylic acids is 1. The van der Waals surface area contributed by atoms with E-state index in [-0.39, 0.29) is 24.9 Å². The molecule has 1 N–H and O–H groups in total. The van der Waals surface area contributed by atoms with Crippen LogP contribution in [0.5, 0.6) is 0 Å². The van der Waals surface area contributed by atoms with Crippen LogP contribution in [0.4, 0.5) is 14.8 Å². The zero-order valence-corrected chi connectivity index (χ0v) is 14.4. The van der Waals surface area contributed by atoms with Crippen LogP contribution in [0.3, 0.4) is 0 Å². The Balaban J connectivity index is 1.39. The Morgan fingerprint density at radius 1 is 1.23 bits per heavy atom. The second-order valence-corrected chi connectivity index (χ2v) is 7.14. The predicted octanol–water partition coefficient (Wildman–Crippen LogP) is 3.18. The number of halogens is 2. The first-order chi connectivity index (χ1) is 12.4. The molecule has 1 aromatic carbocycles. The molecular weight excluding hydrogens is 342 g/mol. The van der Waals surface area contributed by atoms with Crippen molar-refractivity contribution >= 4 is 11.9 Å². The molecule has 1 aromatic heterocycles. The third-order valence-electron chi connectivity index (χ3n) is 5.52. The zero-order valence-electron chi connectivity index (χ0n) is 14.4. The fraction of sp³-hybridized carbons (Fsp3) is 0.500. The summed E-state index contributed by atoms with van der Waals surface area (Å²) in [5, 5.41) is 10.7. The van der Waals surface area contributed by atoms with Crippen molar-refractivity contribution in [3.05, 3.63) is 30.3 Å². The monoisotopic (exact) mass is 362 g/mol. The lowest BCUT2D eigenvalue weighted by Gasteiger charge is -2.46. The smallest absolute Gasteiger partial charge is 0.316 e. The molecule has 2 fully saturated rings. The van der Waals surface area contributed by atoms with E-state index in [1.54, 1.807) is 6.92 Å². The van der Waals surface area contributed by atoms with E-state index in [1.165, 1.54) is 4.90 Å². The number of alkyl halides is 2. The number of benzene rings is 1. The Labute approximate surface area is 149 Å². The van der Waals surface area contributed by atoms with E-state index in [2.05, 4.69) is 15.5 Å². The average molecular weight is 362 g/mol. The summed E-state index contributed by atoms with van der Waals surface area (Å²) in [7, 11) is 0. The van der Waals surface area contributed by atoms with Crippen LogP contribution in [0.25, 0.3) is 11.5 Å². The summed E-state index contributed by atoms with van der Waals surface area (Å²) in [4.78, 5) is 14.1. The quantitative estimate of drug-likeness (QED) is 0.904. The van der Waals surface area contributed by atoms with Crippen molar-refractivity contribution in [3.63, 3.8) is 0 Å². The first-order valence-corrected chi connectivity index (χ1v) is 8.72. The number of nitrogens with zero attached hydrogens (tertiary/aromatic N) is 3. The number of aromatic nitrogens is 2. The predicted molar refractivity (Wildman–Crippen MR) is 90.6 cm³/mol. The molecule has 1 spiro atoms. The highest BCUT2D eigenvalue weighted by molar-refractivity contribution is 5.84. The Morgan fingerprint density at radius 3 is 2.62 bits per heavy atom. The van der Waals surface area contributed by atoms with E-state index in [9.17, 15) is 13.6 Å². The number of anilines is 1. The van der Waals surface area contributed by atoms with Gasteiger partial charge in [-0.1, -0.05) is 23.3 Å². The Kier molecular flexibility index (Phi) is 3.93. The lowest BCUT2D eigenvalue weighted by atomic mass is 9.64. The van der Waals surface area contributed by atoms with Gasteiger partial charge in [-0.05, 0) is 31.9 Å². The van der Waals surface area contributed by atoms with Crippen LogP contribution < -0.4 is 5.32 Å². The molecule has 2 aliphatic rings. The molecule has 2 atom stereocenters. The van der Waals surface area contributed by atoms with Gasteiger partial charge in [-0.3, -0.25) is 4.79 Å². The number of carbonyl (C=O) groups is 1. The zero-order chi connectivity index (χ0) is 18.4. The number of nitrogens with one attached hydrogen (secondary N) is 1. The molecule has 26 heavy (non-hydrogen) atoms. The van der Waals surface area contributed by atoms with E-state index in [0.29, 0.717) is 25.3 Å². The summed E-state index contributed by atoms with van der Waals surface area (Å²) in [5.41, 5.74) is -0.242. The van der Waals surface area contributed by atoms with E-state index in [1.807, 2.05) is 30.3 Å². The van der Waals surface area contributed by atoms with Crippen LogP contribution >= 0.6 is 0 Å². The first kappa shape index (κ1) is 16.9. The summed E-state index contributed by atoms with van der Waals surface area (Å²) in [6.07, 6.45) is 0.764. The van der Waals surface area contributed by atoms with Crippen LogP contribution in [-0.2, 0) is 4.79 Å². The molecule has 1 amide bonds. The summed E-state index contributed by atoms with van der Waals surface area (Å²) >= 11 is 0. The summed E-state index contributed by atoms with van der Waals surface area (Å²) in [6, 6.07) is 8.78. The number of hydrogen-bond acceptors (Lipinski definition) is 5. The van der Waals surface area contributed by atoms with Gasteiger partial charge in [0.1, 0.15) is 6.04 Å². The van der Waals surface area contributed by atoms with Crippen molar-refractivity contribution in [2.45, 2.75) is 38.2 Å². The van der Waals surface area contributed by atoms with Crippen molar-refractivity contribution in [2.75, 3.05) is 18.4 Å². The summed E-state index contributed by atoms with van der Waals surface area (Å²) in [6.45, 7) is 2.14. The van der Waals surface area contributed by atoms with Crippen LogP contribution in [0, 0.1) is 5.41 Å². The third-order valence-corrected chi connectivity index (χ3v) is 5.52. The SMILES string of the molecule is C[C@H](Nc1nnc(-c2ccccc2)o1)C(=O)N1CCC2(CCC2(F)F)C1. The molecule has 1 unspecified atom stereocenters. The lowest BCUT2D eigenvalue weighted by Crippen LogP contribution is -2.53. The normalized spacial score (nSPS) is 25.1. The van der Waals surface area contributed by atoms with Gasteiger partial charge in [-0.15, -0.1) is 5.10 Å². The Morgan fingerprint density at radius 2 is 2.00 bits per heavy atom. The average Bonchev–Trinajstić information content (AvgIpc) is 3.29. The summed E-state index contributed by atoms with van der Waals surface area (Å²) < 4.78 is 33.3. The fourth-order valence-corrected chi connectivity index (χ4v) is 3.73. The first-order valence-electron chi connectivity index (χ1n) is 8.72. The topological polar surface area (TPSA) is 71.3 Å². The molecule has 4 rings (SSSR count). The molecule has 1 aliphatic carbocycles. The maximum Gasteiger partial charge on any atom is 0.316 e. The third kappa shape index (κ3) is 2.73. The van der Waals surface area contributed by atoms with E-state index < -0.39 is 17.4 Å². The molecule has 2 aromatic rings. The standard InChI is InChI=1S/C18H20F2N4O2/c1-12(15(25)24-10-9-17(11-24)7-8-18(17,19)20)21-16-23-22-14(26-16)13-5-3-2-4-6-13/h2-6,12H,7-11H2,1H3,(H,21,23)/t12-,17?/m0/s1. The maximum atomic E-state index is 13.9. The molecule has 1 aliphatic heterocycles. The van der Waals surface area contributed by atoms with Crippen molar-refractivity contribution in [2.24, 2.45) is 5.41 Å². The van der Waals surface area contributed by atoms with Crippen LogP contribution in [-0.4, -0.2) is 46.1 Å². The van der Waals surface area contributed by atoms with Gasteiger partial charge in [0.05, 0.1) is 5.41 Å². The minimum absolute atomic E-state index is 0.0763. The number of likely N-dealkylation sites (tertiary alicyclic amines) is 1. The molecule has 138 valence electrons. The van der Waals surface area contributed by atoms with Crippen molar-refractivity contribution in [1.82, 2.24) is 15.1 Å². The fourth-order valence-electron chi connectivity index (χ4n) is 3.73. The molecule has 0 radical (unpaired) electrons. The second kappa shape index (κ2) is 6.03. The van der Waals surface area contributed by atoms with Gasteiger partial charge in [-0.2, -0.15) is 0 Å². The van der Waals surface area contributed by atoms with E-state index in [4.69, 9.17) is 4.42 Å². The van der Waals surface area contributed by atoms with E-state index in [0.717, 1.165) is 5.56 Å². The van der Waals surface area contributed by atoms with E-state index >= 15 is 0 Å². The molecular formula is C18H20F2N4O2. The lowest BCUT2D eigenvalue weighted by molar-refractivity contribution is -0.195. The Bertz CT molecular complexity index is 811. The molecule has 1 saturated heterocycles. The highest BCUT2D eigenvalue weighted by Crippen LogP contribution is 2.58. The number of rotatable bonds is 4. The van der Waals surface area contributed by atoms with Crippen LogP contribution in [0.1, 0.15) is 26.2 Å². The van der Waals surface area contributed by atoms with Gasteiger partial charge >= 0.3 is 6.01 Å². The van der Waals surface area contributed by atoms with Gasteiger partial charge in [0.15, 0.2) is 0 Å². The molecule has 8 heteroatoms. The molecule has 1 saturated carbocycles. The highest BCUT2D eigenvalue weighted by atomic mass is 19.3. The van der Waals surface area contributed by atoms with Crippen LogP contribution in [0.15, 0.2) is 34.7 Å². The Hall–Kier alpha value is -2.51. The minimum atomic E-state index is -2.66. The number of hydrogen-bond donors (Lipinski definition) is 1. The van der Waals surface area contributed by atoms with Crippen molar-refractivity contribution < 1.29 is 18.0 Å². The van der Waals surface area contributed by atoms with Crippen LogP contribution in [0.2, 0.25) is 0 Å². The summed E-state index contributed by atoms with van der Waals surface area (Å²) in [5.74, 6) is -2.54. The number of amides is 1. The molecule has 0 bridgehead atoms. The molecule has 6 nitrogen and oxygen atoms in total. The largest absolute Gasteiger partial charge is 0.403 e. The molecule has 2 heterocycles.